The van der Waals surface area contributed by atoms with Crippen molar-refractivity contribution >= 4 is 65.0 Å². The number of rotatable bonds is 30. The van der Waals surface area contributed by atoms with Crippen LogP contribution in [0.25, 0.3) is 0 Å². The van der Waals surface area contributed by atoms with Gasteiger partial charge in [0.05, 0.1) is 25.3 Å². The summed E-state index contributed by atoms with van der Waals surface area (Å²) in [5.74, 6) is -14.5. The van der Waals surface area contributed by atoms with E-state index in [1.165, 1.54) is 20.8 Å². The molecule has 0 aliphatic heterocycles. The molecule has 0 radical (unpaired) electrons. The van der Waals surface area contributed by atoms with E-state index in [2.05, 4.69) is 31.9 Å². The highest BCUT2D eigenvalue weighted by atomic mass is 19.4. The van der Waals surface area contributed by atoms with Crippen molar-refractivity contribution in [1.29, 1.82) is 0 Å². The molecule has 7 amide bonds. The Bertz CT molecular complexity index is 2320. The first-order valence-electron chi connectivity index (χ1n) is 23.9. The number of carbonyl (C=O) groups excluding carboxylic acids is 8. The summed E-state index contributed by atoms with van der Waals surface area (Å²) < 4.78 is 41.9. The Balaban J connectivity index is 2.52. The van der Waals surface area contributed by atoms with Crippen LogP contribution in [0.4, 0.5) is 13.2 Å². The summed E-state index contributed by atoms with van der Waals surface area (Å²) in [4.78, 5) is 144. The zero-order valence-corrected chi connectivity index (χ0v) is 42.4. The standard InChI is InChI=1S/C50H68F3N7O14/c1-8-14-31(29-16-10-9-11-17-29)55-47(73)41(68)36(26-50(51,52)53)59-44(70)33(23-27(2)3)58-48(74)42(49(5,6)7)60-46(72)34(24-30-18-13-12-15-28(30)4)57-43(69)32(19-21-38(62)63)56-45(71)35(25-40(66)67)54-37(61)20-22-39(64)65/h9-13,15-18,27,31-36,42H,8,14,19-26H2,1-7H3,(H,54,61)(H,55,73)(H,56,71)(H,57,69)(H,58,74)(H,59,70)(H,60,72)(H,62,63)(H,64,65)(H,66,67)/t31?,32-,33-,34-,35-,36?,42+/m0/s1. The highest BCUT2D eigenvalue weighted by molar-refractivity contribution is 6.38. The minimum Gasteiger partial charge on any atom is -0.481 e. The van der Waals surface area contributed by atoms with Gasteiger partial charge in [0.1, 0.15) is 36.3 Å². The van der Waals surface area contributed by atoms with Gasteiger partial charge in [-0.1, -0.05) is 103 Å². The normalized spacial score (nSPS) is 14.3. The van der Waals surface area contributed by atoms with E-state index in [1.54, 1.807) is 82.3 Å². The fourth-order valence-electron chi connectivity index (χ4n) is 7.49. The van der Waals surface area contributed by atoms with Crippen molar-refractivity contribution in [1.82, 2.24) is 37.2 Å². The molecule has 2 aromatic rings. The van der Waals surface area contributed by atoms with Crippen LogP contribution in [0.5, 0.6) is 0 Å². The lowest BCUT2D eigenvalue weighted by Crippen LogP contribution is -2.62. The molecule has 24 heteroatoms. The molecule has 0 bridgehead atoms. The van der Waals surface area contributed by atoms with E-state index in [-0.39, 0.29) is 12.8 Å². The van der Waals surface area contributed by atoms with E-state index in [0.717, 1.165) is 0 Å². The summed E-state index contributed by atoms with van der Waals surface area (Å²) in [5.41, 5.74) is 0.495. The van der Waals surface area contributed by atoms with E-state index < -0.39 is 163 Å². The fourth-order valence-corrected chi connectivity index (χ4v) is 7.49. The van der Waals surface area contributed by atoms with Crippen molar-refractivity contribution in [2.24, 2.45) is 11.3 Å². The smallest absolute Gasteiger partial charge is 0.391 e. The van der Waals surface area contributed by atoms with Gasteiger partial charge in [-0.15, -0.1) is 0 Å². The van der Waals surface area contributed by atoms with Crippen LogP contribution >= 0.6 is 0 Å². The Hall–Kier alpha value is -7.40. The van der Waals surface area contributed by atoms with E-state index in [1.807, 2.05) is 5.32 Å². The van der Waals surface area contributed by atoms with Gasteiger partial charge in [-0.05, 0) is 54.2 Å². The summed E-state index contributed by atoms with van der Waals surface area (Å²) >= 11 is 0. The number of ketones is 1. The van der Waals surface area contributed by atoms with Crippen molar-refractivity contribution in [3.8, 4) is 0 Å². The topological polar surface area (TPSA) is 333 Å². The van der Waals surface area contributed by atoms with Crippen LogP contribution in [-0.4, -0.2) is 123 Å². The highest BCUT2D eigenvalue weighted by Gasteiger charge is 2.42. The number of aryl methyl sites for hydroxylation is 1. The number of carboxylic acid groups (broad SMARTS) is 3. The monoisotopic (exact) mass is 1050 g/mol. The molecule has 2 rings (SSSR count). The van der Waals surface area contributed by atoms with E-state index in [9.17, 15) is 76.1 Å². The van der Waals surface area contributed by atoms with Gasteiger partial charge in [0, 0.05) is 19.3 Å². The van der Waals surface area contributed by atoms with Crippen molar-refractivity contribution in [2.75, 3.05) is 0 Å². The summed E-state index contributed by atoms with van der Waals surface area (Å²) in [7, 11) is 0. The Labute approximate surface area is 426 Å². The first-order valence-corrected chi connectivity index (χ1v) is 23.9. The molecule has 21 nitrogen and oxygen atoms in total. The van der Waals surface area contributed by atoms with Crippen molar-refractivity contribution in [2.45, 2.75) is 161 Å². The quantitative estimate of drug-likeness (QED) is 0.0504. The molecule has 7 atom stereocenters. The number of alkyl halides is 3. The maximum atomic E-state index is 14.4. The number of carboxylic acids is 3. The molecule has 10 N–H and O–H groups in total. The maximum absolute atomic E-state index is 14.4. The second kappa shape index (κ2) is 29.3. The third kappa shape index (κ3) is 22.6. The van der Waals surface area contributed by atoms with E-state index in [0.29, 0.717) is 29.5 Å². The molecule has 74 heavy (non-hydrogen) atoms. The maximum Gasteiger partial charge on any atom is 0.391 e. The second-order valence-corrected chi connectivity index (χ2v) is 19.3. The average molecular weight is 1050 g/mol. The Morgan fingerprint density at radius 1 is 0.568 bits per heavy atom. The number of aliphatic carboxylic acids is 3. The van der Waals surface area contributed by atoms with Gasteiger partial charge >= 0.3 is 24.1 Å². The van der Waals surface area contributed by atoms with Crippen LogP contribution in [0, 0.1) is 18.3 Å². The zero-order valence-electron chi connectivity index (χ0n) is 42.4. The lowest BCUT2D eigenvalue weighted by Gasteiger charge is -2.34. The number of amides is 7. The van der Waals surface area contributed by atoms with Crippen LogP contribution < -0.4 is 37.2 Å². The number of Topliss-reactive ketones (excluding diaryl/α,β-unsaturated/α-hetero) is 1. The molecular weight excluding hydrogens is 980 g/mol. The lowest BCUT2D eigenvalue weighted by atomic mass is 9.85. The molecular formula is C50H68F3N7O14. The van der Waals surface area contributed by atoms with Crippen LogP contribution in [0.2, 0.25) is 0 Å². The van der Waals surface area contributed by atoms with E-state index in [4.69, 9.17) is 5.11 Å². The summed E-state index contributed by atoms with van der Waals surface area (Å²) in [5, 5.41) is 44.2. The molecule has 2 unspecified atom stereocenters. The molecule has 0 fully saturated rings. The van der Waals surface area contributed by atoms with Crippen LogP contribution in [0.3, 0.4) is 0 Å². The fraction of sp³-hybridized carbons (Fsp3) is 0.540. The van der Waals surface area contributed by atoms with Crippen molar-refractivity contribution in [3.63, 3.8) is 0 Å². The number of benzene rings is 2. The van der Waals surface area contributed by atoms with Gasteiger partial charge in [0.25, 0.3) is 5.91 Å². The third-order valence-corrected chi connectivity index (χ3v) is 11.3. The summed E-state index contributed by atoms with van der Waals surface area (Å²) in [6.07, 6.45) is -10.3. The minimum absolute atomic E-state index is 0.206. The predicted molar refractivity (Wildman–Crippen MR) is 259 cm³/mol. The number of hydrogen-bond donors (Lipinski definition) is 10. The first kappa shape index (κ1) is 62.7. The molecule has 2 aromatic carbocycles. The predicted octanol–water partition coefficient (Wildman–Crippen LogP) is 2.92. The molecule has 0 heterocycles. The Kier molecular flexibility index (Phi) is 24.9. The number of nitrogens with one attached hydrogen (secondary N) is 7. The molecule has 0 aliphatic rings. The molecule has 0 spiro atoms. The molecule has 0 saturated heterocycles. The summed E-state index contributed by atoms with van der Waals surface area (Å²) in [6.45, 7) is 11.3. The molecule has 0 saturated carbocycles. The number of hydrogen-bond acceptors (Lipinski definition) is 11. The van der Waals surface area contributed by atoms with Crippen LogP contribution in [0.15, 0.2) is 54.6 Å². The second-order valence-electron chi connectivity index (χ2n) is 19.3. The Morgan fingerprint density at radius 3 is 1.64 bits per heavy atom. The first-order chi connectivity index (χ1) is 34.4. The number of carbonyl (C=O) groups is 11. The van der Waals surface area contributed by atoms with Gasteiger partial charge in [-0.2, -0.15) is 13.2 Å². The highest BCUT2D eigenvalue weighted by Crippen LogP contribution is 2.25. The zero-order chi connectivity index (χ0) is 56.1. The molecule has 408 valence electrons. The molecule has 0 aromatic heterocycles. The minimum atomic E-state index is -5.05. The van der Waals surface area contributed by atoms with E-state index >= 15 is 0 Å². The van der Waals surface area contributed by atoms with Crippen LogP contribution in [-0.2, 0) is 59.2 Å². The summed E-state index contributed by atoms with van der Waals surface area (Å²) in [6, 6.07) is 3.36. The number of halogens is 3. The van der Waals surface area contributed by atoms with Gasteiger partial charge in [-0.3, -0.25) is 52.7 Å². The third-order valence-electron chi connectivity index (χ3n) is 11.3. The van der Waals surface area contributed by atoms with Gasteiger partial charge in [0.2, 0.25) is 41.2 Å². The lowest BCUT2D eigenvalue weighted by molar-refractivity contribution is -0.154. The van der Waals surface area contributed by atoms with Gasteiger partial charge in [-0.25, -0.2) is 0 Å². The van der Waals surface area contributed by atoms with Gasteiger partial charge in [0.15, 0.2) is 0 Å². The van der Waals surface area contributed by atoms with Crippen molar-refractivity contribution in [3.05, 3.63) is 71.3 Å². The molecule has 0 aliphatic carbocycles. The average Bonchev–Trinajstić information content (AvgIpc) is 3.29. The van der Waals surface area contributed by atoms with Gasteiger partial charge < -0.3 is 52.5 Å². The SMILES string of the molecule is CCCC(NC(=O)C(=O)C(CC(F)(F)F)NC(=O)[C@H](CC(C)C)NC(=O)[C@@H](NC(=O)[C@H](Cc1ccccc1C)NC(=O)[C@H](CCC(=O)O)NC(=O)[C@H](CC(=O)O)NC(=O)CCC(=O)O)C(C)(C)C)c1ccccc1. The van der Waals surface area contributed by atoms with Crippen molar-refractivity contribution < 1.29 is 81.2 Å². The van der Waals surface area contributed by atoms with Crippen LogP contribution in [0.1, 0.15) is 122 Å². The Morgan fingerprint density at radius 2 is 1.09 bits per heavy atom. The largest absolute Gasteiger partial charge is 0.481 e.